The summed E-state index contributed by atoms with van der Waals surface area (Å²) in [6, 6.07) is 0. The maximum absolute atomic E-state index is 3.43. The molecule has 2 nitrogen and oxygen atoms in total. The first kappa shape index (κ1) is 12.3. The Bertz CT molecular complexity index is 99.2. The van der Waals surface area contributed by atoms with Crippen LogP contribution in [-0.2, 0) is 0 Å². The Balaban J connectivity index is 3.01. The molecule has 0 atom stereocenters. The molecule has 0 saturated heterocycles. The second-order valence-electron chi connectivity index (χ2n) is 3.92. The van der Waals surface area contributed by atoms with E-state index in [2.05, 4.69) is 37.7 Å². The van der Waals surface area contributed by atoms with Crippen molar-refractivity contribution in [3.05, 3.63) is 0 Å². The predicted molar refractivity (Wildman–Crippen MR) is 59.0 cm³/mol. The van der Waals surface area contributed by atoms with Gasteiger partial charge >= 0.3 is 0 Å². The Morgan fingerprint density at radius 1 is 1.08 bits per heavy atom. The lowest BCUT2D eigenvalue weighted by molar-refractivity contribution is 0.423. The first-order valence-corrected chi connectivity index (χ1v) is 5.90. The highest BCUT2D eigenvalue weighted by molar-refractivity contribution is 7.98. The van der Waals surface area contributed by atoms with E-state index in [4.69, 9.17) is 0 Å². The molecule has 0 unspecified atom stereocenters. The van der Waals surface area contributed by atoms with Crippen molar-refractivity contribution in [2.45, 2.75) is 26.3 Å². The van der Waals surface area contributed by atoms with Crippen LogP contribution in [0.25, 0.3) is 0 Å². The first-order valence-electron chi connectivity index (χ1n) is 4.51. The maximum atomic E-state index is 3.43. The summed E-state index contributed by atoms with van der Waals surface area (Å²) in [6.07, 6.45) is 2.13. The SMILES string of the molecule is CSCCNCCNC(C)(C)C. The standard InChI is InChI=1S/C9H22N2S/c1-9(2,3)11-6-5-10-7-8-12-4/h10-11H,5-8H2,1-4H3. The molecule has 0 spiro atoms. The molecule has 0 saturated carbocycles. The van der Waals surface area contributed by atoms with Crippen LogP contribution in [0.5, 0.6) is 0 Å². The van der Waals surface area contributed by atoms with Gasteiger partial charge in [0.25, 0.3) is 0 Å². The Morgan fingerprint density at radius 2 is 1.75 bits per heavy atom. The lowest BCUT2D eigenvalue weighted by atomic mass is 10.1. The van der Waals surface area contributed by atoms with Crippen molar-refractivity contribution < 1.29 is 0 Å². The van der Waals surface area contributed by atoms with E-state index in [0.717, 1.165) is 19.6 Å². The van der Waals surface area contributed by atoms with E-state index in [1.807, 2.05) is 11.8 Å². The topological polar surface area (TPSA) is 24.1 Å². The number of thioether (sulfide) groups is 1. The molecule has 3 heteroatoms. The quantitative estimate of drug-likeness (QED) is 0.618. The van der Waals surface area contributed by atoms with Gasteiger partial charge in [0, 0.05) is 30.9 Å². The number of rotatable bonds is 6. The van der Waals surface area contributed by atoms with Gasteiger partial charge in [0.05, 0.1) is 0 Å². The fraction of sp³-hybridized carbons (Fsp3) is 1.00. The van der Waals surface area contributed by atoms with Crippen LogP contribution < -0.4 is 10.6 Å². The summed E-state index contributed by atoms with van der Waals surface area (Å²) in [7, 11) is 0. The van der Waals surface area contributed by atoms with E-state index >= 15 is 0 Å². The highest BCUT2D eigenvalue weighted by atomic mass is 32.2. The van der Waals surface area contributed by atoms with E-state index < -0.39 is 0 Å². The Labute approximate surface area is 80.9 Å². The van der Waals surface area contributed by atoms with E-state index in [1.165, 1.54) is 5.75 Å². The molecule has 0 aromatic rings. The molecule has 0 aromatic heterocycles. The molecule has 0 aromatic carbocycles. The second-order valence-corrected chi connectivity index (χ2v) is 4.91. The van der Waals surface area contributed by atoms with Gasteiger partial charge in [-0.15, -0.1) is 0 Å². The van der Waals surface area contributed by atoms with Gasteiger partial charge in [-0.25, -0.2) is 0 Å². The second kappa shape index (κ2) is 6.75. The van der Waals surface area contributed by atoms with Crippen LogP contribution in [0.2, 0.25) is 0 Å². The van der Waals surface area contributed by atoms with Crippen molar-refractivity contribution in [1.82, 2.24) is 10.6 Å². The molecular formula is C9H22N2S. The molecule has 0 aliphatic rings. The normalized spacial score (nSPS) is 12.0. The van der Waals surface area contributed by atoms with Crippen molar-refractivity contribution in [2.24, 2.45) is 0 Å². The van der Waals surface area contributed by atoms with Crippen molar-refractivity contribution in [3.63, 3.8) is 0 Å². The Morgan fingerprint density at radius 3 is 2.25 bits per heavy atom. The van der Waals surface area contributed by atoms with Crippen LogP contribution in [0, 0.1) is 0 Å². The smallest absolute Gasteiger partial charge is 0.00970 e. The lowest BCUT2D eigenvalue weighted by Gasteiger charge is -2.20. The summed E-state index contributed by atoms with van der Waals surface area (Å²) in [5.74, 6) is 1.20. The molecule has 0 aliphatic heterocycles. The van der Waals surface area contributed by atoms with Gasteiger partial charge in [0.2, 0.25) is 0 Å². The highest BCUT2D eigenvalue weighted by Gasteiger charge is 2.06. The fourth-order valence-electron chi connectivity index (χ4n) is 0.825. The third kappa shape index (κ3) is 10.3. The zero-order chi connectivity index (χ0) is 9.45. The fourth-order valence-corrected chi connectivity index (χ4v) is 1.17. The summed E-state index contributed by atoms with van der Waals surface area (Å²) in [4.78, 5) is 0. The largest absolute Gasteiger partial charge is 0.315 e. The number of hydrogen-bond acceptors (Lipinski definition) is 3. The Hall–Kier alpha value is 0.270. The minimum absolute atomic E-state index is 0.251. The van der Waals surface area contributed by atoms with Crippen LogP contribution in [0.4, 0.5) is 0 Å². The van der Waals surface area contributed by atoms with Gasteiger partial charge in [0.1, 0.15) is 0 Å². The monoisotopic (exact) mass is 190 g/mol. The zero-order valence-corrected chi connectivity index (χ0v) is 9.55. The average molecular weight is 190 g/mol. The summed E-state index contributed by atoms with van der Waals surface area (Å²) in [5, 5.41) is 6.81. The average Bonchev–Trinajstić information content (AvgIpc) is 1.94. The van der Waals surface area contributed by atoms with Crippen molar-refractivity contribution in [2.75, 3.05) is 31.6 Å². The minimum Gasteiger partial charge on any atom is -0.315 e. The van der Waals surface area contributed by atoms with Gasteiger partial charge < -0.3 is 10.6 Å². The minimum atomic E-state index is 0.251. The molecule has 0 bridgehead atoms. The van der Waals surface area contributed by atoms with E-state index in [-0.39, 0.29) is 5.54 Å². The molecule has 0 aliphatic carbocycles. The summed E-state index contributed by atoms with van der Waals surface area (Å²) in [5.41, 5.74) is 0.251. The molecule has 0 fully saturated rings. The summed E-state index contributed by atoms with van der Waals surface area (Å²) in [6.45, 7) is 9.81. The van der Waals surface area contributed by atoms with E-state index in [1.54, 1.807) is 0 Å². The maximum Gasteiger partial charge on any atom is 0.00970 e. The lowest BCUT2D eigenvalue weighted by Crippen LogP contribution is -2.40. The van der Waals surface area contributed by atoms with Gasteiger partial charge in [-0.1, -0.05) is 0 Å². The van der Waals surface area contributed by atoms with Gasteiger partial charge in [-0.3, -0.25) is 0 Å². The van der Waals surface area contributed by atoms with Crippen LogP contribution in [0.1, 0.15) is 20.8 Å². The van der Waals surface area contributed by atoms with Crippen LogP contribution in [-0.4, -0.2) is 37.2 Å². The molecule has 0 rings (SSSR count). The third-order valence-electron chi connectivity index (χ3n) is 1.44. The molecule has 2 N–H and O–H groups in total. The molecule has 0 radical (unpaired) electrons. The van der Waals surface area contributed by atoms with Crippen LogP contribution >= 0.6 is 11.8 Å². The van der Waals surface area contributed by atoms with Gasteiger partial charge in [-0.05, 0) is 27.0 Å². The van der Waals surface area contributed by atoms with Crippen molar-refractivity contribution in [1.29, 1.82) is 0 Å². The zero-order valence-electron chi connectivity index (χ0n) is 8.74. The predicted octanol–water partition coefficient (Wildman–Crippen LogP) is 1.33. The van der Waals surface area contributed by atoms with Crippen LogP contribution in [0.3, 0.4) is 0 Å². The molecule has 74 valence electrons. The summed E-state index contributed by atoms with van der Waals surface area (Å²) >= 11 is 1.88. The van der Waals surface area contributed by atoms with Crippen molar-refractivity contribution in [3.8, 4) is 0 Å². The molecule has 0 heterocycles. The van der Waals surface area contributed by atoms with Crippen LogP contribution in [0.15, 0.2) is 0 Å². The number of nitrogens with one attached hydrogen (secondary N) is 2. The highest BCUT2D eigenvalue weighted by Crippen LogP contribution is 1.96. The summed E-state index contributed by atoms with van der Waals surface area (Å²) < 4.78 is 0. The Kier molecular flexibility index (Phi) is 6.90. The first-order chi connectivity index (χ1) is 5.56. The van der Waals surface area contributed by atoms with Gasteiger partial charge in [-0.2, -0.15) is 11.8 Å². The number of hydrogen-bond donors (Lipinski definition) is 2. The van der Waals surface area contributed by atoms with E-state index in [0.29, 0.717) is 0 Å². The van der Waals surface area contributed by atoms with E-state index in [9.17, 15) is 0 Å². The third-order valence-corrected chi connectivity index (χ3v) is 2.05. The molecular weight excluding hydrogens is 168 g/mol. The molecule has 0 amide bonds. The van der Waals surface area contributed by atoms with Gasteiger partial charge in [0.15, 0.2) is 0 Å². The van der Waals surface area contributed by atoms with Crippen molar-refractivity contribution >= 4 is 11.8 Å². The molecule has 12 heavy (non-hydrogen) atoms.